The number of amidine groups is 2. The minimum atomic E-state index is -0.333. The molecule has 3 rings (SSSR count). The molecule has 0 aliphatic carbocycles. The van der Waals surface area contributed by atoms with E-state index in [-0.39, 0.29) is 24.2 Å². The molecule has 0 saturated heterocycles. The van der Waals surface area contributed by atoms with Crippen LogP contribution in [-0.4, -0.2) is 47.2 Å². The second-order valence-corrected chi connectivity index (χ2v) is 5.13. The molecule has 1 amide bonds. The van der Waals surface area contributed by atoms with Crippen LogP contribution >= 0.6 is 11.8 Å². The number of hydrogen-bond acceptors (Lipinski definition) is 6. The predicted molar refractivity (Wildman–Crippen MR) is 76.3 cm³/mol. The summed E-state index contributed by atoms with van der Waals surface area (Å²) in [6.45, 7) is 0.163. The van der Waals surface area contributed by atoms with E-state index in [0.717, 1.165) is 11.3 Å². The minimum Gasteiger partial charge on any atom is -0.468 e. The van der Waals surface area contributed by atoms with Crippen molar-refractivity contribution in [1.82, 2.24) is 4.90 Å². The van der Waals surface area contributed by atoms with Gasteiger partial charge in [0.2, 0.25) is 0 Å². The van der Waals surface area contributed by atoms with Crippen molar-refractivity contribution < 1.29 is 14.3 Å². The Morgan fingerprint density at radius 3 is 3.00 bits per heavy atom. The zero-order valence-electron chi connectivity index (χ0n) is 10.7. The number of thioether (sulfide) groups is 1. The molecular weight excluding hydrogens is 278 g/mol. The van der Waals surface area contributed by atoms with Gasteiger partial charge in [-0.2, -0.15) is 4.99 Å². The van der Waals surface area contributed by atoms with Crippen molar-refractivity contribution in [3.05, 3.63) is 29.8 Å². The van der Waals surface area contributed by atoms with Crippen molar-refractivity contribution in [2.24, 2.45) is 9.98 Å². The first-order chi connectivity index (χ1) is 9.69. The molecule has 0 bridgehead atoms. The highest BCUT2D eigenvalue weighted by Gasteiger charge is 2.33. The van der Waals surface area contributed by atoms with E-state index in [0.29, 0.717) is 11.0 Å². The molecule has 2 aliphatic heterocycles. The van der Waals surface area contributed by atoms with Crippen molar-refractivity contribution in [1.29, 1.82) is 0 Å². The van der Waals surface area contributed by atoms with Gasteiger partial charge < -0.3 is 4.74 Å². The number of ether oxygens (including phenoxy) is 1. The molecule has 7 heteroatoms. The fourth-order valence-electron chi connectivity index (χ4n) is 2.00. The Hall–Kier alpha value is -2.15. The molecule has 0 radical (unpaired) electrons. The van der Waals surface area contributed by atoms with Crippen molar-refractivity contribution >= 4 is 40.3 Å². The van der Waals surface area contributed by atoms with Crippen molar-refractivity contribution in [2.75, 3.05) is 19.4 Å². The number of hydrogen-bond donors (Lipinski definition) is 0. The molecule has 0 fully saturated rings. The zero-order valence-corrected chi connectivity index (χ0v) is 11.5. The summed E-state index contributed by atoms with van der Waals surface area (Å²) in [7, 11) is 1.34. The maximum absolute atomic E-state index is 11.6. The number of carbonyl (C=O) groups excluding carboxylic acids is 2. The first kappa shape index (κ1) is 12.9. The smallest absolute Gasteiger partial charge is 0.316 e. The van der Waals surface area contributed by atoms with Crippen LogP contribution in [0.25, 0.3) is 0 Å². The van der Waals surface area contributed by atoms with Gasteiger partial charge >= 0.3 is 5.97 Å². The molecule has 1 aromatic rings. The lowest BCUT2D eigenvalue weighted by molar-refractivity contribution is -0.137. The Labute approximate surface area is 119 Å². The number of amides is 1. The molecule has 6 nitrogen and oxygen atoms in total. The Morgan fingerprint density at radius 1 is 1.40 bits per heavy atom. The molecule has 2 heterocycles. The number of carbonyl (C=O) groups is 2. The first-order valence-electron chi connectivity index (χ1n) is 5.96. The van der Waals surface area contributed by atoms with Gasteiger partial charge in [0.05, 0.1) is 18.6 Å². The highest BCUT2D eigenvalue weighted by atomic mass is 32.2. The number of nitrogens with zero attached hydrogens (tertiary/aromatic N) is 3. The van der Waals surface area contributed by atoms with E-state index in [4.69, 9.17) is 0 Å². The summed E-state index contributed by atoms with van der Waals surface area (Å²) in [5.41, 5.74) is 1.59. The van der Waals surface area contributed by atoms with Crippen molar-refractivity contribution in [3.8, 4) is 0 Å². The molecule has 0 unspecified atom stereocenters. The highest BCUT2D eigenvalue weighted by Crippen LogP contribution is 2.31. The largest absolute Gasteiger partial charge is 0.468 e. The third kappa shape index (κ3) is 2.20. The van der Waals surface area contributed by atoms with E-state index in [1.807, 2.05) is 24.3 Å². The van der Waals surface area contributed by atoms with Gasteiger partial charge in [0.15, 0.2) is 5.17 Å². The Bertz CT molecular complexity index is 654. The molecule has 0 N–H and O–H groups in total. The molecule has 0 spiro atoms. The summed E-state index contributed by atoms with van der Waals surface area (Å²) in [6, 6.07) is 7.49. The Balaban J connectivity index is 1.95. The van der Waals surface area contributed by atoms with Crippen LogP contribution in [-0.2, 0) is 14.3 Å². The van der Waals surface area contributed by atoms with Crippen LogP contribution in [0.15, 0.2) is 34.3 Å². The summed E-state index contributed by atoms with van der Waals surface area (Å²) < 4.78 is 4.61. The standard InChI is InChI=1S/C13H11N3O3S/c1-19-11(18)7-20-13-14-9-5-3-2-4-8(9)12-15-10(17)6-16(12)13/h2-5H,6-7H2,1H3. The van der Waals surface area contributed by atoms with Crippen LogP contribution in [0.5, 0.6) is 0 Å². The van der Waals surface area contributed by atoms with Gasteiger partial charge in [-0.05, 0) is 12.1 Å². The predicted octanol–water partition coefficient (Wildman–Crippen LogP) is 1.18. The van der Waals surface area contributed by atoms with Crippen molar-refractivity contribution in [2.45, 2.75) is 0 Å². The van der Waals surface area contributed by atoms with E-state index in [2.05, 4.69) is 14.7 Å². The fraction of sp³-hybridized carbons (Fsp3) is 0.231. The van der Waals surface area contributed by atoms with Crippen LogP contribution in [0.2, 0.25) is 0 Å². The average molecular weight is 289 g/mol. The number of methoxy groups -OCH3 is 1. The number of benzene rings is 1. The summed E-state index contributed by atoms with van der Waals surface area (Å²) >= 11 is 1.24. The zero-order chi connectivity index (χ0) is 14.1. The SMILES string of the molecule is COC(=O)CSC1=Nc2ccccc2C2=NC(=O)CN12. The van der Waals surface area contributed by atoms with Crippen LogP contribution in [0, 0.1) is 0 Å². The number of para-hydroxylation sites is 1. The fourth-order valence-corrected chi connectivity index (χ4v) is 2.84. The van der Waals surface area contributed by atoms with Gasteiger partial charge in [0.1, 0.15) is 12.4 Å². The number of fused-ring (bicyclic) bond motifs is 3. The van der Waals surface area contributed by atoms with E-state index < -0.39 is 0 Å². The third-order valence-electron chi connectivity index (χ3n) is 2.92. The van der Waals surface area contributed by atoms with Crippen LogP contribution in [0.3, 0.4) is 0 Å². The molecule has 2 aliphatic rings. The molecule has 20 heavy (non-hydrogen) atoms. The quantitative estimate of drug-likeness (QED) is 0.765. The molecular formula is C13H11N3O3S. The van der Waals surface area contributed by atoms with Crippen LogP contribution < -0.4 is 0 Å². The van der Waals surface area contributed by atoms with Gasteiger partial charge in [-0.1, -0.05) is 23.9 Å². The normalized spacial score (nSPS) is 16.2. The lowest BCUT2D eigenvalue weighted by Gasteiger charge is -2.25. The lowest BCUT2D eigenvalue weighted by atomic mass is 10.1. The monoisotopic (exact) mass is 289 g/mol. The average Bonchev–Trinajstić information content (AvgIpc) is 2.86. The Kier molecular flexibility index (Phi) is 3.27. The van der Waals surface area contributed by atoms with Gasteiger partial charge in [0, 0.05) is 5.56 Å². The van der Waals surface area contributed by atoms with Gasteiger partial charge in [-0.3, -0.25) is 14.5 Å². The second kappa shape index (κ2) is 5.09. The lowest BCUT2D eigenvalue weighted by Crippen LogP contribution is -2.36. The maximum Gasteiger partial charge on any atom is 0.316 e. The topological polar surface area (TPSA) is 71.3 Å². The Morgan fingerprint density at radius 2 is 2.20 bits per heavy atom. The molecule has 102 valence electrons. The van der Waals surface area contributed by atoms with Crippen molar-refractivity contribution in [3.63, 3.8) is 0 Å². The first-order valence-corrected chi connectivity index (χ1v) is 6.94. The second-order valence-electron chi connectivity index (χ2n) is 4.19. The maximum atomic E-state index is 11.6. The molecule has 0 saturated carbocycles. The van der Waals surface area contributed by atoms with Gasteiger partial charge in [-0.15, -0.1) is 0 Å². The van der Waals surface area contributed by atoms with Crippen LogP contribution in [0.1, 0.15) is 5.56 Å². The summed E-state index contributed by atoms with van der Waals surface area (Å²) in [5.74, 6) is 0.215. The van der Waals surface area contributed by atoms with E-state index in [1.165, 1.54) is 18.9 Å². The third-order valence-corrected chi connectivity index (χ3v) is 3.87. The highest BCUT2D eigenvalue weighted by molar-refractivity contribution is 8.14. The summed E-state index contributed by atoms with van der Waals surface area (Å²) in [4.78, 5) is 33.1. The molecule has 1 aromatic carbocycles. The van der Waals surface area contributed by atoms with Crippen LogP contribution in [0.4, 0.5) is 5.69 Å². The number of rotatable bonds is 2. The van der Waals surface area contributed by atoms with E-state index in [9.17, 15) is 9.59 Å². The number of aliphatic imine (C=N–C) groups is 2. The van der Waals surface area contributed by atoms with E-state index >= 15 is 0 Å². The summed E-state index contributed by atoms with van der Waals surface area (Å²) in [6.07, 6.45) is 0. The number of esters is 1. The van der Waals surface area contributed by atoms with Gasteiger partial charge in [-0.25, -0.2) is 4.99 Å². The minimum absolute atomic E-state index is 0.148. The molecule has 0 aromatic heterocycles. The van der Waals surface area contributed by atoms with E-state index in [1.54, 1.807) is 4.90 Å². The van der Waals surface area contributed by atoms with Gasteiger partial charge in [0.25, 0.3) is 5.91 Å². The molecule has 0 atom stereocenters. The summed E-state index contributed by atoms with van der Waals surface area (Å²) in [5, 5.41) is 0.596.